The Kier molecular flexibility index (Phi) is 4.84. The van der Waals surface area contributed by atoms with E-state index in [-0.39, 0.29) is 18.0 Å². The summed E-state index contributed by atoms with van der Waals surface area (Å²) in [4.78, 5) is 28.9. The monoisotopic (exact) mass is 363 g/mol. The van der Waals surface area contributed by atoms with Crippen molar-refractivity contribution in [2.24, 2.45) is 0 Å². The third kappa shape index (κ3) is 3.42. The van der Waals surface area contributed by atoms with E-state index in [0.717, 1.165) is 31.5 Å². The Labute approximate surface area is 160 Å². The van der Waals surface area contributed by atoms with Gasteiger partial charge in [0.2, 0.25) is 5.91 Å². The van der Waals surface area contributed by atoms with E-state index in [0.29, 0.717) is 18.7 Å². The van der Waals surface area contributed by atoms with E-state index in [9.17, 15) is 9.59 Å². The van der Waals surface area contributed by atoms with Gasteiger partial charge in [-0.15, -0.1) is 0 Å². The molecule has 2 heterocycles. The summed E-state index contributed by atoms with van der Waals surface area (Å²) in [6.07, 6.45) is 3.41. The Balaban J connectivity index is 1.56. The van der Waals surface area contributed by atoms with Crippen LogP contribution in [0, 0.1) is 6.92 Å². The zero-order chi connectivity index (χ0) is 18.8. The van der Waals surface area contributed by atoms with Crippen molar-refractivity contribution in [1.29, 1.82) is 0 Å². The molecule has 1 unspecified atom stereocenters. The maximum atomic E-state index is 13.1. The highest BCUT2D eigenvalue weighted by Crippen LogP contribution is 2.35. The fourth-order valence-electron chi connectivity index (χ4n) is 4.20. The van der Waals surface area contributed by atoms with Gasteiger partial charge in [0.25, 0.3) is 0 Å². The summed E-state index contributed by atoms with van der Waals surface area (Å²) in [5.74, 6) is 0.121. The van der Waals surface area contributed by atoms with Gasteiger partial charge in [-0.05, 0) is 49.4 Å². The second-order valence-corrected chi connectivity index (χ2v) is 7.30. The first-order chi connectivity index (χ1) is 13.1. The lowest BCUT2D eigenvalue weighted by Crippen LogP contribution is -2.35. The molecule has 3 amide bonds. The molecule has 140 valence electrons. The largest absolute Gasteiger partial charge is 0.322 e. The standard InChI is InChI=1S/C22H25N3O2/c1-16-8-2-3-9-17(16)19-12-6-15-25(19)22(27)23-18-10-4-5-11-20(18)24-14-7-13-21(24)26/h2-5,8-11,19H,6-7,12-15H2,1H3,(H,23,27). The van der Waals surface area contributed by atoms with Crippen LogP contribution in [0.5, 0.6) is 0 Å². The second-order valence-electron chi connectivity index (χ2n) is 7.30. The minimum atomic E-state index is -0.0974. The molecule has 2 aliphatic rings. The molecule has 2 fully saturated rings. The third-order valence-electron chi connectivity index (χ3n) is 5.57. The van der Waals surface area contributed by atoms with E-state index < -0.39 is 0 Å². The smallest absolute Gasteiger partial charge is 0.317 e. The molecule has 0 aromatic heterocycles. The van der Waals surface area contributed by atoms with Gasteiger partial charge in [-0.25, -0.2) is 4.79 Å². The Morgan fingerprint density at radius 1 is 1.04 bits per heavy atom. The normalized spacial score (nSPS) is 19.6. The van der Waals surface area contributed by atoms with Gasteiger partial charge in [0, 0.05) is 19.5 Å². The Morgan fingerprint density at radius 3 is 2.59 bits per heavy atom. The predicted molar refractivity (Wildman–Crippen MR) is 107 cm³/mol. The van der Waals surface area contributed by atoms with Crippen molar-refractivity contribution in [1.82, 2.24) is 4.90 Å². The highest BCUT2D eigenvalue weighted by atomic mass is 16.2. The van der Waals surface area contributed by atoms with Crippen LogP contribution in [-0.2, 0) is 4.79 Å². The Morgan fingerprint density at radius 2 is 1.81 bits per heavy atom. The molecule has 1 N–H and O–H groups in total. The number of para-hydroxylation sites is 2. The van der Waals surface area contributed by atoms with Crippen molar-refractivity contribution in [2.75, 3.05) is 23.3 Å². The maximum Gasteiger partial charge on any atom is 0.322 e. The number of hydrogen-bond acceptors (Lipinski definition) is 2. The quantitative estimate of drug-likeness (QED) is 0.873. The van der Waals surface area contributed by atoms with Gasteiger partial charge in [-0.1, -0.05) is 36.4 Å². The van der Waals surface area contributed by atoms with Crippen molar-refractivity contribution in [3.05, 3.63) is 59.7 Å². The first kappa shape index (κ1) is 17.6. The van der Waals surface area contributed by atoms with Gasteiger partial charge < -0.3 is 15.1 Å². The fraction of sp³-hybridized carbons (Fsp3) is 0.364. The minimum absolute atomic E-state index is 0.0974. The van der Waals surface area contributed by atoms with Gasteiger partial charge in [0.05, 0.1) is 17.4 Å². The maximum absolute atomic E-state index is 13.1. The lowest BCUT2D eigenvalue weighted by molar-refractivity contribution is -0.117. The molecule has 5 nitrogen and oxygen atoms in total. The number of urea groups is 1. The number of aryl methyl sites for hydroxylation is 1. The van der Waals surface area contributed by atoms with Crippen LogP contribution in [0.2, 0.25) is 0 Å². The van der Waals surface area contributed by atoms with Crippen LogP contribution in [0.4, 0.5) is 16.2 Å². The van der Waals surface area contributed by atoms with Gasteiger partial charge in [0.1, 0.15) is 0 Å². The number of nitrogens with one attached hydrogen (secondary N) is 1. The SMILES string of the molecule is Cc1ccccc1C1CCCN1C(=O)Nc1ccccc1N1CCCC1=O. The fourth-order valence-corrected chi connectivity index (χ4v) is 4.20. The van der Waals surface area contributed by atoms with E-state index in [1.165, 1.54) is 11.1 Å². The summed E-state index contributed by atoms with van der Waals surface area (Å²) >= 11 is 0. The molecule has 27 heavy (non-hydrogen) atoms. The van der Waals surface area contributed by atoms with Crippen LogP contribution >= 0.6 is 0 Å². The van der Waals surface area contributed by atoms with Gasteiger partial charge in [0.15, 0.2) is 0 Å². The molecule has 2 saturated heterocycles. The average Bonchev–Trinajstić information content (AvgIpc) is 3.32. The molecular formula is C22H25N3O2. The van der Waals surface area contributed by atoms with Crippen LogP contribution in [0.15, 0.2) is 48.5 Å². The number of benzene rings is 2. The van der Waals surface area contributed by atoms with E-state index >= 15 is 0 Å². The van der Waals surface area contributed by atoms with E-state index in [1.54, 1.807) is 4.90 Å². The number of carbonyl (C=O) groups is 2. The first-order valence-corrected chi connectivity index (χ1v) is 9.67. The third-order valence-corrected chi connectivity index (χ3v) is 5.57. The second kappa shape index (κ2) is 7.43. The summed E-state index contributed by atoms with van der Waals surface area (Å²) in [6.45, 7) is 3.55. The molecule has 1 atom stereocenters. The topological polar surface area (TPSA) is 52.7 Å². The highest BCUT2D eigenvalue weighted by Gasteiger charge is 2.31. The molecule has 0 bridgehead atoms. The average molecular weight is 363 g/mol. The molecule has 0 spiro atoms. The zero-order valence-corrected chi connectivity index (χ0v) is 15.6. The summed E-state index contributed by atoms with van der Waals surface area (Å²) in [5, 5.41) is 3.06. The van der Waals surface area contributed by atoms with Crippen LogP contribution in [0.3, 0.4) is 0 Å². The molecule has 2 aromatic carbocycles. The van der Waals surface area contributed by atoms with Crippen LogP contribution in [0.25, 0.3) is 0 Å². The predicted octanol–water partition coefficient (Wildman–Crippen LogP) is 4.49. The number of amides is 3. The van der Waals surface area contributed by atoms with Crippen LogP contribution in [-0.4, -0.2) is 29.9 Å². The van der Waals surface area contributed by atoms with Crippen molar-refractivity contribution in [2.45, 2.75) is 38.6 Å². The molecule has 2 aliphatic heterocycles. The zero-order valence-electron chi connectivity index (χ0n) is 15.6. The molecule has 0 radical (unpaired) electrons. The number of rotatable bonds is 3. The lowest BCUT2D eigenvalue weighted by Gasteiger charge is -2.27. The van der Waals surface area contributed by atoms with Gasteiger partial charge >= 0.3 is 6.03 Å². The minimum Gasteiger partial charge on any atom is -0.317 e. The number of nitrogens with zero attached hydrogens (tertiary/aromatic N) is 2. The highest BCUT2D eigenvalue weighted by molar-refractivity contribution is 6.01. The van der Waals surface area contributed by atoms with Crippen molar-refractivity contribution >= 4 is 23.3 Å². The summed E-state index contributed by atoms with van der Waals surface area (Å²) < 4.78 is 0. The van der Waals surface area contributed by atoms with Crippen LogP contribution in [0.1, 0.15) is 42.9 Å². The summed E-state index contributed by atoms with van der Waals surface area (Å²) in [7, 11) is 0. The molecule has 4 rings (SSSR count). The van der Waals surface area contributed by atoms with E-state index in [4.69, 9.17) is 0 Å². The molecule has 5 heteroatoms. The molecule has 0 saturated carbocycles. The molecular weight excluding hydrogens is 338 g/mol. The number of carbonyl (C=O) groups excluding carboxylic acids is 2. The summed E-state index contributed by atoms with van der Waals surface area (Å²) in [5.41, 5.74) is 3.92. The van der Waals surface area contributed by atoms with Crippen molar-refractivity contribution < 1.29 is 9.59 Å². The van der Waals surface area contributed by atoms with Crippen molar-refractivity contribution in [3.8, 4) is 0 Å². The lowest BCUT2D eigenvalue weighted by atomic mass is 9.99. The number of anilines is 2. The molecule has 0 aliphatic carbocycles. The number of hydrogen-bond donors (Lipinski definition) is 1. The van der Waals surface area contributed by atoms with E-state index in [2.05, 4.69) is 24.4 Å². The Hall–Kier alpha value is -2.82. The van der Waals surface area contributed by atoms with Gasteiger partial charge in [-0.2, -0.15) is 0 Å². The molecule has 2 aromatic rings. The van der Waals surface area contributed by atoms with E-state index in [1.807, 2.05) is 41.3 Å². The van der Waals surface area contributed by atoms with Gasteiger partial charge in [-0.3, -0.25) is 4.79 Å². The Bertz CT molecular complexity index is 864. The summed E-state index contributed by atoms with van der Waals surface area (Å²) in [6, 6.07) is 15.9. The first-order valence-electron chi connectivity index (χ1n) is 9.67. The number of likely N-dealkylation sites (tertiary alicyclic amines) is 1. The van der Waals surface area contributed by atoms with Crippen LogP contribution < -0.4 is 10.2 Å². The van der Waals surface area contributed by atoms with Crippen molar-refractivity contribution in [3.63, 3.8) is 0 Å².